The van der Waals surface area contributed by atoms with E-state index >= 15 is 0 Å². The fraction of sp³-hybridized carbons (Fsp3) is 0.125. The fourth-order valence-corrected chi connectivity index (χ4v) is 2.09. The zero-order valence-electron chi connectivity index (χ0n) is 10.2. The van der Waals surface area contributed by atoms with Crippen LogP contribution in [0.4, 0.5) is 0 Å². The van der Waals surface area contributed by atoms with Crippen LogP contribution in [-0.4, -0.2) is 5.78 Å². The van der Waals surface area contributed by atoms with Crippen LogP contribution in [0.5, 0.6) is 0 Å². The molecule has 0 saturated carbocycles. The van der Waals surface area contributed by atoms with E-state index in [1.807, 2.05) is 24.3 Å². The number of ketones is 1. The molecule has 0 fully saturated rings. The Kier molecular flexibility index (Phi) is 4.33. The summed E-state index contributed by atoms with van der Waals surface area (Å²) in [7, 11) is 0. The Hall–Kier alpha value is -2.11. The van der Waals surface area contributed by atoms with Gasteiger partial charge in [-0.05, 0) is 17.7 Å². The number of carbonyl (C=O) groups excluding carboxylic acids is 1. The highest BCUT2D eigenvalue weighted by atomic mass is 35.5. The number of nitriles is 1. The van der Waals surface area contributed by atoms with Gasteiger partial charge in [-0.15, -0.1) is 0 Å². The Morgan fingerprint density at radius 2 is 1.89 bits per heavy atom. The molecule has 19 heavy (non-hydrogen) atoms. The van der Waals surface area contributed by atoms with Crippen molar-refractivity contribution in [2.45, 2.75) is 12.3 Å². The van der Waals surface area contributed by atoms with Crippen LogP contribution in [0.3, 0.4) is 0 Å². The number of halogens is 1. The summed E-state index contributed by atoms with van der Waals surface area (Å²) in [6, 6.07) is 18.3. The zero-order valence-corrected chi connectivity index (χ0v) is 11.0. The normalized spacial score (nSPS) is 11.6. The minimum Gasteiger partial charge on any atom is -0.294 e. The molecule has 1 atom stereocenters. The first kappa shape index (κ1) is 13.3. The lowest BCUT2D eigenvalue weighted by Crippen LogP contribution is -2.06. The number of hydrogen-bond donors (Lipinski definition) is 0. The highest BCUT2D eigenvalue weighted by Gasteiger charge is 2.16. The van der Waals surface area contributed by atoms with Gasteiger partial charge in [0.1, 0.15) is 0 Å². The third-order valence-electron chi connectivity index (χ3n) is 2.89. The van der Waals surface area contributed by atoms with Gasteiger partial charge in [0.25, 0.3) is 0 Å². The second-order valence-corrected chi connectivity index (χ2v) is 4.67. The Morgan fingerprint density at radius 3 is 2.53 bits per heavy atom. The van der Waals surface area contributed by atoms with E-state index in [4.69, 9.17) is 11.6 Å². The highest BCUT2D eigenvalue weighted by Crippen LogP contribution is 2.23. The zero-order chi connectivity index (χ0) is 13.7. The van der Waals surface area contributed by atoms with Gasteiger partial charge in [-0.1, -0.05) is 54.1 Å². The second-order valence-electron chi connectivity index (χ2n) is 4.23. The molecule has 2 aromatic carbocycles. The lowest BCUT2D eigenvalue weighted by atomic mass is 9.93. The molecule has 0 unspecified atom stereocenters. The topological polar surface area (TPSA) is 40.9 Å². The van der Waals surface area contributed by atoms with Gasteiger partial charge >= 0.3 is 0 Å². The third kappa shape index (κ3) is 3.43. The monoisotopic (exact) mass is 269 g/mol. The first-order chi connectivity index (χ1) is 9.20. The fourth-order valence-electron chi connectivity index (χ4n) is 1.89. The van der Waals surface area contributed by atoms with Gasteiger partial charge < -0.3 is 0 Å². The maximum atomic E-state index is 12.1. The number of rotatable bonds is 4. The van der Waals surface area contributed by atoms with Gasteiger partial charge in [0.15, 0.2) is 5.78 Å². The largest absolute Gasteiger partial charge is 0.294 e. The summed E-state index contributed by atoms with van der Waals surface area (Å²) in [5.41, 5.74) is 1.41. The predicted octanol–water partition coefficient (Wildman–Crippen LogP) is 4.22. The van der Waals surface area contributed by atoms with Gasteiger partial charge in [-0.3, -0.25) is 4.79 Å². The van der Waals surface area contributed by atoms with Crippen LogP contribution in [0.15, 0.2) is 54.6 Å². The molecule has 0 aliphatic rings. The van der Waals surface area contributed by atoms with Crippen LogP contribution in [0.2, 0.25) is 5.02 Å². The van der Waals surface area contributed by atoms with Gasteiger partial charge in [-0.2, -0.15) is 5.26 Å². The summed E-state index contributed by atoms with van der Waals surface area (Å²) in [5, 5.41) is 9.79. The molecule has 0 aliphatic carbocycles. The van der Waals surface area contributed by atoms with Crippen molar-refractivity contribution in [2.75, 3.05) is 0 Å². The molecule has 0 aromatic heterocycles. The van der Waals surface area contributed by atoms with Crippen LogP contribution >= 0.6 is 11.6 Å². The molecule has 0 bridgehead atoms. The lowest BCUT2D eigenvalue weighted by molar-refractivity contribution is 0.0979. The van der Waals surface area contributed by atoms with E-state index in [-0.39, 0.29) is 12.2 Å². The van der Waals surface area contributed by atoms with Crippen LogP contribution in [-0.2, 0) is 0 Å². The third-order valence-corrected chi connectivity index (χ3v) is 3.13. The number of benzene rings is 2. The number of Topliss-reactive ketones (excluding diaryl/α,β-unsaturated/α-hetero) is 1. The quantitative estimate of drug-likeness (QED) is 0.780. The maximum absolute atomic E-state index is 12.1. The molecule has 2 nitrogen and oxygen atoms in total. The molecular weight excluding hydrogens is 258 g/mol. The smallest absolute Gasteiger partial charge is 0.164 e. The molecule has 3 heteroatoms. The van der Waals surface area contributed by atoms with Crippen molar-refractivity contribution in [3.63, 3.8) is 0 Å². The minimum atomic E-state index is -0.466. The highest BCUT2D eigenvalue weighted by molar-refractivity contribution is 6.30. The summed E-state index contributed by atoms with van der Waals surface area (Å²) in [6.07, 6.45) is 0.168. The molecule has 2 rings (SSSR count). The van der Waals surface area contributed by atoms with Crippen molar-refractivity contribution in [2.24, 2.45) is 0 Å². The standard InChI is InChI=1S/C16H12ClNO/c17-15-8-4-7-13(9-15)14(11-18)10-16(19)12-5-2-1-3-6-12/h1-9,14H,10H2/t14-/m1/s1. The Morgan fingerprint density at radius 1 is 1.16 bits per heavy atom. The van der Waals surface area contributed by atoms with Crippen molar-refractivity contribution in [3.05, 3.63) is 70.7 Å². The lowest BCUT2D eigenvalue weighted by Gasteiger charge is -2.09. The van der Waals surface area contributed by atoms with Gasteiger partial charge in [0, 0.05) is 17.0 Å². The number of carbonyl (C=O) groups is 1. The van der Waals surface area contributed by atoms with Crippen LogP contribution in [0.25, 0.3) is 0 Å². The average molecular weight is 270 g/mol. The van der Waals surface area contributed by atoms with E-state index in [0.29, 0.717) is 10.6 Å². The summed E-state index contributed by atoms with van der Waals surface area (Å²) < 4.78 is 0. The van der Waals surface area contributed by atoms with Crippen molar-refractivity contribution in [3.8, 4) is 6.07 Å². The summed E-state index contributed by atoms with van der Waals surface area (Å²) in [4.78, 5) is 12.1. The molecular formula is C16H12ClNO. The summed E-state index contributed by atoms with van der Waals surface area (Å²) in [5.74, 6) is -0.501. The van der Waals surface area contributed by atoms with Crippen molar-refractivity contribution in [1.82, 2.24) is 0 Å². The first-order valence-corrected chi connectivity index (χ1v) is 6.32. The average Bonchev–Trinajstić information content (AvgIpc) is 2.45. The van der Waals surface area contributed by atoms with E-state index in [0.717, 1.165) is 5.56 Å². The Bertz CT molecular complexity index is 616. The summed E-state index contributed by atoms with van der Waals surface area (Å²) in [6.45, 7) is 0. The number of hydrogen-bond acceptors (Lipinski definition) is 2. The number of nitrogens with zero attached hydrogens (tertiary/aromatic N) is 1. The molecule has 0 N–H and O–H groups in total. The van der Waals surface area contributed by atoms with Gasteiger partial charge in [0.2, 0.25) is 0 Å². The summed E-state index contributed by atoms with van der Waals surface area (Å²) >= 11 is 5.91. The van der Waals surface area contributed by atoms with E-state index in [1.165, 1.54) is 0 Å². The van der Waals surface area contributed by atoms with Crippen molar-refractivity contribution < 1.29 is 4.79 Å². The van der Waals surface area contributed by atoms with Crippen LogP contribution in [0, 0.1) is 11.3 Å². The Balaban J connectivity index is 2.17. The van der Waals surface area contributed by atoms with E-state index in [2.05, 4.69) is 6.07 Å². The van der Waals surface area contributed by atoms with Gasteiger partial charge in [0.05, 0.1) is 12.0 Å². The SMILES string of the molecule is N#C[C@@H](CC(=O)c1ccccc1)c1cccc(Cl)c1. The van der Waals surface area contributed by atoms with Gasteiger partial charge in [-0.25, -0.2) is 0 Å². The van der Waals surface area contributed by atoms with Crippen LogP contribution < -0.4 is 0 Å². The molecule has 0 saturated heterocycles. The van der Waals surface area contributed by atoms with E-state index in [1.54, 1.807) is 30.3 Å². The molecule has 0 spiro atoms. The maximum Gasteiger partial charge on any atom is 0.164 e. The molecule has 0 radical (unpaired) electrons. The molecule has 0 heterocycles. The second kappa shape index (κ2) is 6.17. The molecule has 0 amide bonds. The molecule has 0 aliphatic heterocycles. The van der Waals surface area contributed by atoms with Crippen molar-refractivity contribution >= 4 is 17.4 Å². The minimum absolute atomic E-state index is 0.0351. The van der Waals surface area contributed by atoms with Crippen LogP contribution in [0.1, 0.15) is 28.3 Å². The molecule has 2 aromatic rings. The van der Waals surface area contributed by atoms with E-state index in [9.17, 15) is 10.1 Å². The predicted molar refractivity (Wildman–Crippen MR) is 75.2 cm³/mol. The first-order valence-electron chi connectivity index (χ1n) is 5.94. The molecule has 94 valence electrons. The van der Waals surface area contributed by atoms with E-state index < -0.39 is 5.92 Å². The Labute approximate surface area is 117 Å². The van der Waals surface area contributed by atoms with Crippen molar-refractivity contribution in [1.29, 1.82) is 5.26 Å².